The van der Waals surface area contributed by atoms with Gasteiger partial charge in [-0.15, -0.1) is 0 Å². The maximum Gasteiger partial charge on any atom is 0.0898 e. The third kappa shape index (κ3) is 1.48. The first kappa shape index (κ1) is 9.47. The summed E-state index contributed by atoms with van der Waals surface area (Å²) in [5, 5.41) is 0. The molecule has 1 aliphatic heterocycles. The van der Waals surface area contributed by atoms with Crippen LogP contribution in [0.5, 0.6) is 0 Å². The molecule has 0 N–H and O–H groups in total. The van der Waals surface area contributed by atoms with E-state index in [9.17, 15) is 0 Å². The second-order valence-corrected chi connectivity index (χ2v) is 4.57. The Labute approximate surface area is 85.4 Å². The Kier molecular flexibility index (Phi) is 2.20. The van der Waals surface area contributed by atoms with Gasteiger partial charge in [0.05, 0.1) is 12.7 Å². The van der Waals surface area contributed by atoms with Crippen molar-refractivity contribution in [3.05, 3.63) is 42.5 Å². The Bertz CT molecular complexity index is 338. The van der Waals surface area contributed by atoms with Crippen molar-refractivity contribution in [2.45, 2.75) is 20.0 Å². The van der Waals surface area contributed by atoms with Gasteiger partial charge in [-0.3, -0.25) is 0 Å². The quantitative estimate of drug-likeness (QED) is 0.693. The van der Waals surface area contributed by atoms with Gasteiger partial charge >= 0.3 is 0 Å². The van der Waals surface area contributed by atoms with Gasteiger partial charge < -0.3 is 4.74 Å². The van der Waals surface area contributed by atoms with Gasteiger partial charge in [-0.2, -0.15) is 0 Å². The first-order chi connectivity index (χ1) is 6.61. The topological polar surface area (TPSA) is 9.23 Å². The molecular weight excluding hydrogens is 172 g/mol. The second kappa shape index (κ2) is 3.25. The molecule has 2 rings (SSSR count). The van der Waals surface area contributed by atoms with Crippen LogP contribution in [0.3, 0.4) is 0 Å². The molecule has 0 saturated carbocycles. The van der Waals surface area contributed by atoms with Crippen LogP contribution in [0.25, 0.3) is 5.57 Å². The zero-order valence-corrected chi connectivity index (χ0v) is 8.79. The van der Waals surface area contributed by atoms with Crippen LogP contribution in [-0.4, -0.2) is 12.7 Å². The molecule has 0 bridgehead atoms. The molecule has 1 unspecified atom stereocenters. The van der Waals surface area contributed by atoms with Gasteiger partial charge in [-0.05, 0) is 11.1 Å². The van der Waals surface area contributed by atoms with E-state index in [0.29, 0.717) is 0 Å². The van der Waals surface area contributed by atoms with Crippen LogP contribution >= 0.6 is 0 Å². The lowest BCUT2D eigenvalue weighted by Crippen LogP contribution is -2.47. The maximum absolute atomic E-state index is 5.56. The number of benzene rings is 1. The van der Waals surface area contributed by atoms with Crippen molar-refractivity contribution in [2.75, 3.05) is 6.61 Å². The zero-order chi connectivity index (χ0) is 10.2. The number of rotatable bonds is 2. The maximum atomic E-state index is 5.56. The molecule has 1 aliphatic rings. The SMILES string of the molecule is C=C(c1ccccc1)C1OCC1(C)C. The highest BCUT2D eigenvalue weighted by molar-refractivity contribution is 5.68. The van der Waals surface area contributed by atoms with Gasteiger partial charge in [0.25, 0.3) is 0 Å². The summed E-state index contributed by atoms with van der Waals surface area (Å²) in [5.74, 6) is 0. The lowest BCUT2D eigenvalue weighted by atomic mass is 9.77. The van der Waals surface area contributed by atoms with E-state index in [4.69, 9.17) is 4.74 Å². The van der Waals surface area contributed by atoms with E-state index in [-0.39, 0.29) is 11.5 Å². The van der Waals surface area contributed by atoms with Crippen molar-refractivity contribution in [2.24, 2.45) is 5.41 Å². The molecule has 14 heavy (non-hydrogen) atoms. The lowest BCUT2D eigenvalue weighted by Gasteiger charge is -2.45. The van der Waals surface area contributed by atoms with E-state index in [2.05, 4.69) is 32.6 Å². The largest absolute Gasteiger partial charge is 0.372 e. The van der Waals surface area contributed by atoms with Crippen molar-refractivity contribution < 1.29 is 4.74 Å². The van der Waals surface area contributed by atoms with E-state index < -0.39 is 0 Å². The summed E-state index contributed by atoms with van der Waals surface area (Å²) in [4.78, 5) is 0. The van der Waals surface area contributed by atoms with Crippen LogP contribution in [0.4, 0.5) is 0 Å². The molecule has 0 spiro atoms. The highest BCUT2D eigenvalue weighted by atomic mass is 16.5. The zero-order valence-electron chi connectivity index (χ0n) is 8.79. The summed E-state index contributed by atoms with van der Waals surface area (Å²) >= 11 is 0. The minimum absolute atomic E-state index is 0.185. The van der Waals surface area contributed by atoms with Crippen molar-refractivity contribution in [3.8, 4) is 0 Å². The Morgan fingerprint density at radius 2 is 2.00 bits per heavy atom. The first-order valence-corrected chi connectivity index (χ1v) is 4.97. The molecule has 1 heteroatoms. The van der Waals surface area contributed by atoms with Crippen molar-refractivity contribution >= 4 is 5.57 Å². The summed E-state index contributed by atoms with van der Waals surface area (Å²) in [6, 6.07) is 10.3. The second-order valence-electron chi connectivity index (χ2n) is 4.57. The number of hydrogen-bond donors (Lipinski definition) is 0. The van der Waals surface area contributed by atoms with Gasteiger partial charge in [-0.1, -0.05) is 50.8 Å². The van der Waals surface area contributed by atoms with E-state index in [1.54, 1.807) is 0 Å². The van der Waals surface area contributed by atoms with E-state index in [0.717, 1.165) is 12.2 Å². The van der Waals surface area contributed by atoms with Crippen LogP contribution in [-0.2, 0) is 4.74 Å². The van der Waals surface area contributed by atoms with Crippen LogP contribution in [0.15, 0.2) is 36.9 Å². The third-order valence-corrected chi connectivity index (χ3v) is 2.79. The average molecular weight is 188 g/mol. The molecule has 0 amide bonds. The summed E-state index contributed by atoms with van der Waals surface area (Å²) in [6.07, 6.45) is 0.185. The molecule has 1 aromatic rings. The van der Waals surface area contributed by atoms with Crippen LogP contribution < -0.4 is 0 Å². The molecule has 0 aromatic heterocycles. The first-order valence-electron chi connectivity index (χ1n) is 4.97. The fourth-order valence-corrected chi connectivity index (χ4v) is 1.88. The molecule has 1 atom stereocenters. The fraction of sp³-hybridized carbons (Fsp3) is 0.385. The normalized spacial score (nSPS) is 24.0. The minimum atomic E-state index is 0.185. The Morgan fingerprint density at radius 3 is 2.43 bits per heavy atom. The van der Waals surface area contributed by atoms with E-state index in [1.165, 1.54) is 5.56 Å². The Hall–Kier alpha value is -1.08. The van der Waals surface area contributed by atoms with Crippen molar-refractivity contribution in [1.29, 1.82) is 0 Å². The van der Waals surface area contributed by atoms with Gasteiger partial charge in [-0.25, -0.2) is 0 Å². The van der Waals surface area contributed by atoms with Gasteiger partial charge in [0.15, 0.2) is 0 Å². The Morgan fingerprint density at radius 1 is 1.36 bits per heavy atom. The number of hydrogen-bond acceptors (Lipinski definition) is 1. The highest BCUT2D eigenvalue weighted by Gasteiger charge is 2.41. The predicted molar refractivity (Wildman–Crippen MR) is 59.0 cm³/mol. The third-order valence-electron chi connectivity index (χ3n) is 2.79. The van der Waals surface area contributed by atoms with Crippen LogP contribution in [0, 0.1) is 5.41 Å². The molecular formula is C13H16O. The van der Waals surface area contributed by atoms with Gasteiger partial charge in [0.2, 0.25) is 0 Å². The standard InChI is InChI=1S/C13H16O/c1-10(11-7-5-4-6-8-11)12-13(2,3)9-14-12/h4-8,12H,1,9H2,2-3H3. The smallest absolute Gasteiger partial charge is 0.0898 e. The average Bonchev–Trinajstić information content (AvgIpc) is 2.18. The fourth-order valence-electron chi connectivity index (χ4n) is 1.88. The van der Waals surface area contributed by atoms with Crippen molar-refractivity contribution in [3.63, 3.8) is 0 Å². The molecule has 1 heterocycles. The molecule has 1 fully saturated rings. The summed E-state index contributed by atoms with van der Waals surface area (Å²) in [5.41, 5.74) is 2.53. The van der Waals surface area contributed by atoms with Crippen LogP contribution in [0.1, 0.15) is 19.4 Å². The Balaban J connectivity index is 2.18. The molecule has 0 radical (unpaired) electrons. The van der Waals surface area contributed by atoms with Crippen molar-refractivity contribution in [1.82, 2.24) is 0 Å². The molecule has 1 nitrogen and oxygen atoms in total. The minimum Gasteiger partial charge on any atom is -0.372 e. The molecule has 1 aromatic carbocycles. The van der Waals surface area contributed by atoms with Gasteiger partial charge in [0, 0.05) is 5.41 Å². The highest BCUT2D eigenvalue weighted by Crippen LogP contribution is 2.40. The molecule has 0 aliphatic carbocycles. The van der Waals surface area contributed by atoms with E-state index in [1.807, 2.05) is 18.2 Å². The monoisotopic (exact) mass is 188 g/mol. The summed E-state index contributed by atoms with van der Waals surface area (Å²) < 4.78 is 5.56. The molecule has 1 saturated heterocycles. The summed E-state index contributed by atoms with van der Waals surface area (Å²) in [6.45, 7) is 9.39. The van der Waals surface area contributed by atoms with Gasteiger partial charge in [0.1, 0.15) is 0 Å². The summed E-state index contributed by atoms with van der Waals surface area (Å²) in [7, 11) is 0. The van der Waals surface area contributed by atoms with Crippen LogP contribution in [0.2, 0.25) is 0 Å². The van der Waals surface area contributed by atoms with E-state index >= 15 is 0 Å². The number of ether oxygens (including phenoxy) is 1. The molecule has 74 valence electrons. The lowest BCUT2D eigenvalue weighted by molar-refractivity contribution is -0.134. The predicted octanol–water partition coefficient (Wildman–Crippen LogP) is 3.12.